The summed E-state index contributed by atoms with van der Waals surface area (Å²) in [6.45, 7) is 1.62. The number of aromatic nitrogens is 3. The van der Waals surface area contributed by atoms with Crippen molar-refractivity contribution in [1.29, 1.82) is 0 Å². The van der Waals surface area contributed by atoms with Gasteiger partial charge in [0, 0.05) is 31.5 Å². The lowest BCUT2D eigenvalue weighted by molar-refractivity contribution is 0.0953. The van der Waals surface area contributed by atoms with Gasteiger partial charge >= 0.3 is 0 Å². The van der Waals surface area contributed by atoms with Crippen LogP contribution >= 0.6 is 0 Å². The highest BCUT2D eigenvalue weighted by molar-refractivity contribution is 5.94. The SMILES string of the molecule is O=C(NCCc1nnc2n1CCCCC2)c1ccc2c(c1)CCCC2. The Kier molecular flexibility index (Phi) is 4.81. The Balaban J connectivity index is 1.36. The number of hydrogen-bond acceptors (Lipinski definition) is 3. The predicted molar refractivity (Wildman–Crippen MR) is 96.7 cm³/mol. The molecule has 0 radical (unpaired) electrons. The van der Waals surface area contributed by atoms with E-state index in [1.165, 1.54) is 43.2 Å². The Hall–Kier alpha value is -2.17. The molecule has 1 amide bonds. The van der Waals surface area contributed by atoms with Gasteiger partial charge in [-0.2, -0.15) is 0 Å². The van der Waals surface area contributed by atoms with Gasteiger partial charge in [0.2, 0.25) is 0 Å². The van der Waals surface area contributed by atoms with Crippen LogP contribution in [0.5, 0.6) is 0 Å². The van der Waals surface area contributed by atoms with Crippen molar-refractivity contribution in [2.75, 3.05) is 6.54 Å². The number of rotatable bonds is 4. The molecular weight excluding hydrogens is 312 g/mol. The predicted octanol–water partition coefficient (Wildman–Crippen LogP) is 2.86. The van der Waals surface area contributed by atoms with Crippen LogP contribution in [0.3, 0.4) is 0 Å². The number of aryl methyl sites for hydroxylation is 3. The molecule has 0 spiro atoms. The second-order valence-electron chi connectivity index (χ2n) is 7.19. The van der Waals surface area contributed by atoms with Crippen molar-refractivity contribution < 1.29 is 4.79 Å². The largest absolute Gasteiger partial charge is 0.352 e. The average molecular weight is 338 g/mol. The third-order valence-corrected chi connectivity index (χ3v) is 5.43. The molecule has 0 saturated carbocycles. The van der Waals surface area contributed by atoms with Crippen LogP contribution in [0.1, 0.15) is 65.2 Å². The Morgan fingerprint density at radius 3 is 2.76 bits per heavy atom. The lowest BCUT2D eigenvalue weighted by atomic mass is 9.90. The van der Waals surface area contributed by atoms with Crippen molar-refractivity contribution in [3.8, 4) is 0 Å². The molecule has 2 aliphatic rings. The van der Waals surface area contributed by atoms with Gasteiger partial charge in [-0.25, -0.2) is 0 Å². The molecule has 0 saturated heterocycles. The average Bonchev–Trinajstić information content (AvgIpc) is 2.88. The van der Waals surface area contributed by atoms with E-state index in [4.69, 9.17) is 0 Å². The lowest BCUT2D eigenvalue weighted by Crippen LogP contribution is -2.27. The second-order valence-corrected chi connectivity index (χ2v) is 7.19. The van der Waals surface area contributed by atoms with Gasteiger partial charge in [0.25, 0.3) is 5.91 Å². The standard InChI is InChI=1S/C20H26N4O/c25-20(17-10-9-15-6-3-4-7-16(15)14-17)21-12-11-19-23-22-18-8-2-1-5-13-24(18)19/h9-10,14H,1-8,11-13H2,(H,21,25). The van der Waals surface area contributed by atoms with Crippen LogP contribution in [0.4, 0.5) is 0 Å². The summed E-state index contributed by atoms with van der Waals surface area (Å²) in [4.78, 5) is 12.4. The highest BCUT2D eigenvalue weighted by atomic mass is 16.1. The maximum Gasteiger partial charge on any atom is 0.251 e. The minimum atomic E-state index is 0.0176. The molecule has 1 N–H and O–H groups in total. The molecule has 0 bridgehead atoms. The summed E-state index contributed by atoms with van der Waals surface area (Å²) in [6, 6.07) is 6.16. The van der Waals surface area contributed by atoms with Crippen molar-refractivity contribution in [2.24, 2.45) is 0 Å². The molecule has 0 fully saturated rings. The van der Waals surface area contributed by atoms with E-state index in [0.29, 0.717) is 6.54 Å². The van der Waals surface area contributed by atoms with Crippen LogP contribution in [0.15, 0.2) is 18.2 Å². The second kappa shape index (κ2) is 7.38. The van der Waals surface area contributed by atoms with E-state index in [1.807, 2.05) is 6.07 Å². The van der Waals surface area contributed by atoms with Crippen LogP contribution < -0.4 is 5.32 Å². The van der Waals surface area contributed by atoms with E-state index in [0.717, 1.165) is 49.4 Å². The number of nitrogens with one attached hydrogen (secondary N) is 1. The van der Waals surface area contributed by atoms with E-state index < -0.39 is 0 Å². The summed E-state index contributed by atoms with van der Waals surface area (Å²) < 4.78 is 2.25. The molecule has 5 heteroatoms. The van der Waals surface area contributed by atoms with Crippen molar-refractivity contribution in [3.63, 3.8) is 0 Å². The summed E-state index contributed by atoms with van der Waals surface area (Å²) in [5.41, 5.74) is 3.54. The van der Waals surface area contributed by atoms with Gasteiger partial charge in [-0.3, -0.25) is 4.79 Å². The molecule has 1 aromatic carbocycles. The zero-order valence-electron chi connectivity index (χ0n) is 14.8. The highest BCUT2D eigenvalue weighted by Gasteiger charge is 2.15. The van der Waals surface area contributed by atoms with Crippen LogP contribution in [0.25, 0.3) is 0 Å². The molecule has 1 aromatic heterocycles. The Bertz CT molecular complexity index is 765. The first kappa shape index (κ1) is 16.3. The molecule has 132 valence electrons. The van der Waals surface area contributed by atoms with Gasteiger partial charge in [0.1, 0.15) is 11.6 Å². The molecule has 5 nitrogen and oxygen atoms in total. The molecule has 4 rings (SSSR count). The zero-order chi connectivity index (χ0) is 17.1. The molecule has 2 heterocycles. The minimum absolute atomic E-state index is 0.0176. The van der Waals surface area contributed by atoms with E-state index in [-0.39, 0.29) is 5.91 Å². The lowest BCUT2D eigenvalue weighted by Gasteiger charge is -2.16. The van der Waals surface area contributed by atoms with Crippen LogP contribution in [-0.2, 0) is 32.2 Å². The monoisotopic (exact) mass is 338 g/mol. The van der Waals surface area contributed by atoms with E-state index in [1.54, 1.807) is 0 Å². The first-order chi connectivity index (χ1) is 12.3. The fourth-order valence-electron chi connectivity index (χ4n) is 3.99. The molecule has 25 heavy (non-hydrogen) atoms. The zero-order valence-corrected chi connectivity index (χ0v) is 14.8. The fraction of sp³-hybridized carbons (Fsp3) is 0.550. The van der Waals surface area contributed by atoms with E-state index >= 15 is 0 Å². The Morgan fingerprint density at radius 1 is 1.00 bits per heavy atom. The third-order valence-electron chi connectivity index (χ3n) is 5.43. The number of amides is 1. The third kappa shape index (κ3) is 3.60. The smallest absolute Gasteiger partial charge is 0.251 e. The molecule has 0 atom stereocenters. The topological polar surface area (TPSA) is 59.8 Å². The number of nitrogens with zero attached hydrogens (tertiary/aromatic N) is 3. The molecular formula is C20H26N4O. The first-order valence-electron chi connectivity index (χ1n) is 9.62. The van der Waals surface area contributed by atoms with Gasteiger partial charge in [0.15, 0.2) is 0 Å². The Morgan fingerprint density at radius 2 is 1.84 bits per heavy atom. The summed E-state index contributed by atoms with van der Waals surface area (Å²) in [5.74, 6) is 2.13. The van der Waals surface area contributed by atoms with Gasteiger partial charge < -0.3 is 9.88 Å². The Labute approximate surface area is 148 Å². The molecule has 0 unspecified atom stereocenters. The van der Waals surface area contributed by atoms with Crippen molar-refractivity contribution in [2.45, 2.75) is 64.3 Å². The van der Waals surface area contributed by atoms with E-state index in [2.05, 4.69) is 32.2 Å². The summed E-state index contributed by atoms with van der Waals surface area (Å²) in [7, 11) is 0. The van der Waals surface area contributed by atoms with Crippen LogP contribution in [0.2, 0.25) is 0 Å². The summed E-state index contributed by atoms with van der Waals surface area (Å²) >= 11 is 0. The van der Waals surface area contributed by atoms with Crippen molar-refractivity contribution in [3.05, 3.63) is 46.5 Å². The number of hydrogen-bond donors (Lipinski definition) is 1. The first-order valence-corrected chi connectivity index (χ1v) is 9.62. The fourth-order valence-corrected chi connectivity index (χ4v) is 3.99. The van der Waals surface area contributed by atoms with Crippen LogP contribution in [0, 0.1) is 0 Å². The number of carbonyl (C=O) groups is 1. The summed E-state index contributed by atoms with van der Waals surface area (Å²) in [6.07, 6.45) is 10.2. The van der Waals surface area contributed by atoms with E-state index in [9.17, 15) is 4.79 Å². The van der Waals surface area contributed by atoms with Crippen LogP contribution in [-0.4, -0.2) is 27.2 Å². The van der Waals surface area contributed by atoms with Gasteiger partial charge in [-0.1, -0.05) is 12.5 Å². The van der Waals surface area contributed by atoms with Gasteiger partial charge in [0.05, 0.1) is 0 Å². The molecule has 2 aromatic rings. The molecule has 1 aliphatic heterocycles. The molecule has 1 aliphatic carbocycles. The maximum atomic E-state index is 12.4. The maximum absolute atomic E-state index is 12.4. The quantitative estimate of drug-likeness (QED) is 0.932. The number of fused-ring (bicyclic) bond motifs is 2. The van der Waals surface area contributed by atoms with Gasteiger partial charge in [-0.05, 0) is 61.8 Å². The number of carbonyl (C=O) groups excluding carboxylic acids is 1. The van der Waals surface area contributed by atoms with Gasteiger partial charge in [-0.15, -0.1) is 10.2 Å². The minimum Gasteiger partial charge on any atom is -0.352 e. The highest BCUT2D eigenvalue weighted by Crippen LogP contribution is 2.22. The normalized spacial score (nSPS) is 16.6. The summed E-state index contributed by atoms with van der Waals surface area (Å²) in [5, 5.41) is 11.7. The van der Waals surface area contributed by atoms with Crippen molar-refractivity contribution >= 4 is 5.91 Å². The number of benzene rings is 1. The van der Waals surface area contributed by atoms with Crippen molar-refractivity contribution in [1.82, 2.24) is 20.1 Å².